The van der Waals surface area contributed by atoms with Crippen molar-refractivity contribution in [2.75, 3.05) is 11.4 Å². The minimum atomic E-state index is -0.713. The lowest BCUT2D eigenvalue weighted by Crippen LogP contribution is -2.40. The van der Waals surface area contributed by atoms with Gasteiger partial charge in [0.05, 0.1) is 24.7 Å². The molecule has 2 fully saturated rings. The highest BCUT2D eigenvalue weighted by molar-refractivity contribution is 9.10. The third-order valence-electron chi connectivity index (χ3n) is 4.86. The molecule has 3 heterocycles. The molecule has 1 aromatic rings. The van der Waals surface area contributed by atoms with Crippen molar-refractivity contribution >= 4 is 33.5 Å². The Hall–Kier alpha value is -1.66. The molecule has 1 amide bonds. The van der Waals surface area contributed by atoms with Crippen LogP contribution in [0.15, 0.2) is 40.9 Å². The highest BCUT2D eigenvalue weighted by atomic mass is 79.9. The SMILES string of the molecule is CC(C)OC(=O)[C@@H]1[C@H]2C(=O)N(c3ccc(Br)cc3)C[C@]23C=C[C@H]1O3. The first-order chi connectivity index (χ1) is 11.4. The van der Waals surface area contributed by atoms with Crippen molar-refractivity contribution in [1.29, 1.82) is 0 Å². The molecule has 0 unspecified atom stereocenters. The number of halogens is 1. The number of amides is 1. The summed E-state index contributed by atoms with van der Waals surface area (Å²) in [6.07, 6.45) is 3.26. The second-order valence-electron chi connectivity index (χ2n) is 6.79. The summed E-state index contributed by atoms with van der Waals surface area (Å²) in [5, 5.41) is 0. The lowest BCUT2D eigenvalue weighted by molar-refractivity contribution is -0.156. The number of benzene rings is 1. The predicted octanol–water partition coefficient (Wildman–Crippen LogP) is 2.69. The van der Waals surface area contributed by atoms with Crippen LogP contribution in [0.5, 0.6) is 0 Å². The van der Waals surface area contributed by atoms with Crippen LogP contribution in [0.1, 0.15) is 13.8 Å². The Bertz CT molecular complexity index is 729. The molecule has 0 radical (unpaired) electrons. The van der Waals surface area contributed by atoms with Crippen molar-refractivity contribution in [2.45, 2.75) is 31.7 Å². The molecule has 5 nitrogen and oxygen atoms in total. The molecule has 1 aromatic carbocycles. The Morgan fingerprint density at radius 3 is 2.75 bits per heavy atom. The Balaban J connectivity index is 1.66. The number of nitrogens with zero attached hydrogens (tertiary/aromatic N) is 1. The molecular formula is C18H18BrNO4. The van der Waals surface area contributed by atoms with Crippen molar-refractivity contribution < 1.29 is 19.1 Å². The number of rotatable bonds is 3. The summed E-state index contributed by atoms with van der Waals surface area (Å²) < 4.78 is 12.4. The first-order valence-corrected chi connectivity index (χ1v) is 8.85. The van der Waals surface area contributed by atoms with Crippen LogP contribution >= 0.6 is 15.9 Å². The van der Waals surface area contributed by atoms with E-state index in [2.05, 4.69) is 15.9 Å². The van der Waals surface area contributed by atoms with E-state index in [0.717, 1.165) is 10.2 Å². The van der Waals surface area contributed by atoms with E-state index in [-0.39, 0.29) is 24.1 Å². The Kier molecular flexibility index (Phi) is 3.58. The number of carbonyl (C=O) groups excluding carboxylic acids is 2. The maximum Gasteiger partial charge on any atom is 0.313 e. The van der Waals surface area contributed by atoms with E-state index in [9.17, 15) is 9.59 Å². The van der Waals surface area contributed by atoms with Gasteiger partial charge in [-0.3, -0.25) is 9.59 Å². The van der Waals surface area contributed by atoms with Gasteiger partial charge in [0, 0.05) is 10.2 Å². The molecule has 0 aromatic heterocycles. The van der Waals surface area contributed by atoms with Gasteiger partial charge in [-0.2, -0.15) is 0 Å². The number of hydrogen-bond donors (Lipinski definition) is 0. The van der Waals surface area contributed by atoms with Crippen LogP contribution in [0.4, 0.5) is 5.69 Å². The summed E-state index contributed by atoms with van der Waals surface area (Å²) in [5.74, 6) is -1.50. The van der Waals surface area contributed by atoms with Crippen molar-refractivity contribution in [3.8, 4) is 0 Å². The first kappa shape index (κ1) is 15.8. The molecule has 24 heavy (non-hydrogen) atoms. The molecule has 0 N–H and O–H groups in total. The first-order valence-electron chi connectivity index (χ1n) is 8.06. The minimum absolute atomic E-state index is 0.0742. The fraction of sp³-hybridized carbons (Fsp3) is 0.444. The fourth-order valence-corrected chi connectivity index (χ4v) is 4.18. The van der Waals surface area contributed by atoms with Gasteiger partial charge in [0.1, 0.15) is 11.5 Å². The van der Waals surface area contributed by atoms with E-state index in [4.69, 9.17) is 9.47 Å². The van der Waals surface area contributed by atoms with Crippen LogP contribution < -0.4 is 4.90 Å². The van der Waals surface area contributed by atoms with E-state index in [0.29, 0.717) is 6.54 Å². The number of fused-ring (bicyclic) bond motifs is 1. The van der Waals surface area contributed by atoms with Gasteiger partial charge in [0.15, 0.2) is 0 Å². The van der Waals surface area contributed by atoms with Gasteiger partial charge in [-0.1, -0.05) is 28.1 Å². The van der Waals surface area contributed by atoms with Crippen LogP contribution in [0.2, 0.25) is 0 Å². The third kappa shape index (κ3) is 2.24. The molecule has 0 aliphatic carbocycles. The number of ether oxygens (including phenoxy) is 2. The quantitative estimate of drug-likeness (QED) is 0.587. The zero-order chi connectivity index (χ0) is 17.1. The fourth-order valence-electron chi connectivity index (χ4n) is 3.92. The number of carbonyl (C=O) groups is 2. The number of hydrogen-bond acceptors (Lipinski definition) is 4. The van der Waals surface area contributed by atoms with Gasteiger partial charge in [-0.25, -0.2) is 0 Å². The lowest BCUT2D eigenvalue weighted by atomic mass is 9.77. The zero-order valence-corrected chi connectivity index (χ0v) is 15.0. The minimum Gasteiger partial charge on any atom is -0.463 e. The molecule has 2 bridgehead atoms. The van der Waals surface area contributed by atoms with Crippen molar-refractivity contribution in [2.24, 2.45) is 11.8 Å². The van der Waals surface area contributed by atoms with Crippen LogP contribution in [0.25, 0.3) is 0 Å². The maximum absolute atomic E-state index is 13.1. The molecule has 3 aliphatic heterocycles. The number of anilines is 1. The van der Waals surface area contributed by atoms with E-state index < -0.39 is 17.4 Å². The summed E-state index contributed by atoms with van der Waals surface area (Å²) in [5.41, 5.74) is 0.0959. The molecule has 0 saturated carbocycles. The summed E-state index contributed by atoms with van der Waals surface area (Å²) >= 11 is 3.40. The molecule has 126 valence electrons. The largest absolute Gasteiger partial charge is 0.463 e. The molecule has 3 aliphatic rings. The van der Waals surface area contributed by atoms with Crippen molar-refractivity contribution in [3.63, 3.8) is 0 Å². The smallest absolute Gasteiger partial charge is 0.313 e. The third-order valence-corrected chi connectivity index (χ3v) is 5.39. The lowest BCUT2D eigenvalue weighted by Gasteiger charge is -2.23. The highest BCUT2D eigenvalue weighted by Gasteiger charge is 2.67. The van der Waals surface area contributed by atoms with Gasteiger partial charge in [0.2, 0.25) is 5.91 Å². The summed E-state index contributed by atoms with van der Waals surface area (Å²) in [7, 11) is 0. The van der Waals surface area contributed by atoms with E-state index in [1.807, 2.05) is 50.3 Å². The van der Waals surface area contributed by atoms with Crippen molar-refractivity contribution in [1.82, 2.24) is 0 Å². The van der Waals surface area contributed by atoms with Gasteiger partial charge in [0.25, 0.3) is 0 Å². The highest BCUT2D eigenvalue weighted by Crippen LogP contribution is 2.53. The average Bonchev–Trinajstić information content (AvgIpc) is 3.16. The second kappa shape index (κ2) is 5.43. The van der Waals surface area contributed by atoms with Crippen LogP contribution in [-0.4, -0.2) is 36.2 Å². The zero-order valence-electron chi connectivity index (χ0n) is 13.4. The monoisotopic (exact) mass is 391 g/mol. The normalized spacial score (nSPS) is 33.4. The standard InChI is InChI=1S/C18H18BrNO4/c1-10(2)23-17(22)14-13-7-8-18(24-13)9-20(16(21)15(14)18)12-5-3-11(19)4-6-12/h3-8,10,13-15H,9H2,1-2H3/t13-,14+,15+,18-/m1/s1. The van der Waals surface area contributed by atoms with E-state index >= 15 is 0 Å². The van der Waals surface area contributed by atoms with Crippen molar-refractivity contribution in [3.05, 3.63) is 40.9 Å². The summed E-state index contributed by atoms with van der Waals surface area (Å²) in [6.45, 7) is 4.04. The van der Waals surface area contributed by atoms with Gasteiger partial charge in [-0.05, 0) is 38.1 Å². The topological polar surface area (TPSA) is 55.8 Å². The Morgan fingerprint density at radius 2 is 2.08 bits per heavy atom. The predicted molar refractivity (Wildman–Crippen MR) is 91.4 cm³/mol. The molecule has 1 spiro atoms. The van der Waals surface area contributed by atoms with E-state index in [1.54, 1.807) is 4.90 Å². The second-order valence-corrected chi connectivity index (χ2v) is 7.70. The van der Waals surface area contributed by atoms with Gasteiger partial charge >= 0.3 is 5.97 Å². The van der Waals surface area contributed by atoms with Crippen LogP contribution in [0.3, 0.4) is 0 Å². The van der Waals surface area contributed by atoms with Crippen LogP contribution in [0, 0.1) is 11.8 Å². The molecule has 2 saturated heterocycles. The molecular weight excluding hydrogens is 374 g/mol. The van der Waals surface area contributed by atoms with Crippen LogP contribution in [-0.2, 0) is 19.1 Å². The maximum atomic E-state index is 13.1. The Labute approximate surface area is 148 Å². The summed E-state index contributed by atoms with van der Waals surface area (Å²) in [4.78, 5) is 27.3. The number of esters is 1. The molecule has 4 atom stereocenters. The van der Waals surface area contributed by atoms with Gasteiger partial charge in [-0.15, -0.1) is 0 Å². The molecule has 4 rings (SSSR count). The average molecular weight is 392 g/mol. The Morgan fingerprint density at radius 1 is 1.38 bits per heavy atom. The van der Waals surface area contributed by atoms with E-state index in [1.165, 1.54) is 0 Å². The summed E-state index contributed by atoms with van der Waals surface area (Å²) in [6, 6.07) is 7.56. The molecule has 6 heteroatoms. The van der Waals surface area contributed by atoms with Gasteiger partial charge < -0.3 is 14.4 Å².